The average molecular weight is 293 g/mol. The number of methoxy groups -OCH3 is 2. The van der Waals surface area contributed by atoms with Crippen molar-refractivity contribution in [3.63, 3.8) is 0 Å². The molecule has 2 aromatic rings. The van der Waals surface area contributed by atoms with Gasteiger partial charge in [-0.2, -0.15) is 0 Å². The van der Waals surface area contributed by atoms with E-state index in [0.717, 1.165) is 36.4 Å². The van der Waals surface area contributed by atoms with Gasteiger partial charge in [0.15, 0.2) is 11.5 Å². The Morgan fingerprint density at radius 1 is 1.24 bits per heavy atom. The van der Waals surface area contributed by atoms with E-state index < -0.39 is 0 Å². The number of aryl methyl sites for hydroxylation is 1. The van der Waals surface area contributed by atoms with Crippen LogP contribution in [0.4, 0.5) is 0 Å². The van der Waals surface area contributed by atoms with Gasteiger partial charge in [0.05, 0.1) is 25.3 Å². The van der Waals surface area contributed by atoms with Crippen molar-refractivity contribution >= 4 is 11.0 Å². The summed E-state index contributed by atoms with van der Waals surface area (Å²) in [4.78, 5) is 4.69. The Hall–Kier alpha value is -1.79. The highest BCUT2D eigenvalue weighted by Gasteiger charge is 2.14. The van der Waals surface area contributed by atoms with E-state index >= 15 is 0 Å². The lowest BCUT2D eigenvalue weighted by atomic mass is 10.2. The summed E-state index contributed by atoms with van der Waals surface area (Å²) < 4.78 is 12.8. The zero-order valence-corrected chi connectivity index (χ0v) is 12.8. The number of imidazole rings is 1. The smallest absolute Gasteiger partial charge is 0.163 e. The van der Waals surface area contributed by atoms with Crippen LogP contribution < -0.4 is 14.8 Å². The number of aliphatic hydroxyl groups is 1. The number of likely N-dealkylation sites (N-methyl/N-ethyl adjacent to an activating group) is 1. The van der Waals surface area contributed by atoms with Crippen LogP contribution in [-0.4, -0.2) is 49.1 Å². The molecular formula is C15H23N3O3. The number of hydrogen-bond acceptors (Lipinski definition) is 5. The largest absolute Gasteiger partial charge is 0.493 e. The first-order valence-corrected chi connectivity index (χ1v) is 7.11. The monoisotopic (exact) mass is 293 g/mol. The molecule has 0 aliphatic carbocycles. The molecule has 0 aliphatic rings. The van der Waals surface area contributed by atoms with Gasteiger partial charge in [0.1, 0.15) is 5.82 Å². The van der Waals surface area contributed by atoms with Crippen LogP contribution in [0, 0.1) is 0 Å². The van der Waals surface area contributed by atoms with Gasteiger partial charge in [-0.15, -0.1) is 0 Å². The molecule has 0 amide bonds. The second-order valence-corrected chi connectivity index (χ2v) is 4.81. The van der Waals surface area contributed by atoms with E-state index in [-0.39, 0.29) is 6.61 Å². The molecule has 2 N–H and O–H groups in total. The van der Waals surface area contributed by atoms with E-state index in [2.05, 4.69) is 9.88 Å². The number of ether oxygens (including phenoxy) is 2. The third-order valence-electron chi connectivity index (χ3n) is 3.47. The van der Waals surface area contributed by atoms with Gasteiger partial charge in [0, 0.05) is 38.2 Å². The van der Waals surface area contributed by atoms with Crippen LogP contribution in [0.3, 0.4) is 0 Å². The Labute approximate surface area is 124 Å². The fraction of sp³-hybridized carbons (Fsp3) is 0.533. The second kappa shape index (κ2) is 7.28. The predicted molar refractivity (Wildman–Crippen MR) is 82.2 cm³/mol. The predicted octanol–water partition coefficient (Wildman–Crippen LogP) is 1.20. The number of rotatable bonds is 8. The van der Waals surface area contributed by atoms with Crippen molar-refractivity contribution in [2.24, 2.45) is 0 Å². The first-order valence-electron chi connectivity index (χ1n) is 7.11. The Morgan fingerprint density at radius 2 is 1.95 bits per heavy atom. The van der Waals surface area contributed by atoms with Crippen molar-refractivity contribution in [3.8, 4) is 11.5 Å². The summed E-state index contributed by atoms with van der Waals surface area (Å²) in [6, 6.07) is 3.84. The highest BCUT2D eigenvalue weighted by Crippen LogP contribution is 2.32. The number of nitrogens with one attached hydrogen (secondary N) is 1. The van der Waals surface area contributed by atoms with Gasteiger partial charge in [-0.3, -0.25) is 0 Å². The molecule has 0 saturated carbocycles. The lowest BCUT2D eigenvalue weighted by molar-refractivity contribution is 0.280. The lowest BCUT2D eigenvalue weighted by Crippen LogP contribution is -2.14. The molecule has 6 heteroatoms. The van der Waals surface area contributed by atoms with Gasteiger partial charge in [0.2, 0.25) is 0 Å². The zero-order chi connectivity index (χ0) is 15.2. The molecule has 0 bridgehead atoms. The number of hydrogen-bond donors (Lipinski definition) is 2. The van der Waals surface area contributed by atoms with E-state index in [4.69, 9.17) is 19.6 Å². The fourth-order valence-electron chi connectivity index (χ4n) is 2.41. The number of fused-ring (bicyclic) bond motifs is 1. The third-order valence-corrected chi connectivity index (χ3v) is 3.47. The molecule has 2 rings (SSSR count). The molecule has 0 saturated heterocycles. The Morgan fingerprint density at radius 3 is 2.57 bits per heavy atom. The molecule has 116 valence electrons. The molecule has 21 heavy (non-hydrogen) atoms. The molecular weight excluding hydrogens is 270 g/mol. The van der Waals surface area contributed by atoms with Gasteiger partial charge in [-0.25, -0.2) is 4.98 Å². The summed E-state index contributed by atoms with van der Waals surface area (Å²) in [6.07, 6.45) is 1.54. The van der Waals surface area contributed by atoms with Crippen LogP contribution in [-0.2, 0) is 13.0 Å². The molecule has 0 unspecified atom stereocenters. The van der Waals surface area contributed by atoms with Crippen molar-refractivity contribution in [1.29, 1.82) is 0 Å². The van der Waals surface area contributed by atoms with Gasteiger partial charge in [0.25, 0.3) is 0 Å². The van der Waals surface area contributed by atoms with E-state index in [9.17, 15) is 0 Å². The van der Waals surface area contributed by atoms with Crippen LogP contribution in [0.15, 0.2) is 12.1 Å². The molecule has 6 nitrogen and oxygen atoms in total. The first-order chi connectivity index (χ1) is 10.2. The first kappa shape index (κ1) is 15.6. The van der Waals surface area contributed by atoms with Crippen LogP contribution in [0.25, 0.3) is 11.0 Å². The number of aromatic nitrogens is 2. The van der Waals surface area contributed by atoms with E-state index in [1.165, 1.54) is 0 Å². The highest BCUT2D eigenvalue weighted by molar-refractivity contribution is 5.80. The van der Waals surface area contributed by atoms with Crippen molar-refractivity contribution in [1.82, 2.24) is 14.9 Å². The van der Waals surface area contributed by atoms with E-state index in [0.29, 0.717) is 17.9 Å². The second-order valence-electron chi connectivity index (χ2n) is 4.81. The molecule has 0 aliphatic heterocycles. The van der Waals surface area contributed by atoms with Crippen molar-refractivity contribution in [3.05, 3.63) is 18.0 Å². The number of aliphatic hydroxyl groups excluding tert-OH is 1. The number of benzene rings is 1. The normalized spacial score (nSPS) is 11.0. The van der Waals surface area contributed by atoms with Gasteiger partial charge >= 0.3 is 0 Å². The maximum atomic E-state index is 9.10. The summed E-state index contributed by atoms with van der Waals surface area (Å²) in [5.41, 5.74) is 1.89. The van der Waals surface area contributed by atoms with Crippen molar-refractivity contribution in [2.75, 3.05) is 34.4 Å². The quantitative estimate of drug-likeness (QED) is 0.765. The van der Waals surface area contributed by atoms with Gasteiger partial charge < -0.3 is 24.5 Å². The molecule has 0 radical (unpaired) electrons. The van der Waals surface area contributed by atoms with Crippen LogP contribution in [0.5, 0.6) is 11.5 Å². The maximum Gasteiger partial charge on any atom is 0.163 e. The zero-order valence-electron chi connectivity index (χ0n) is 12.8. The molecule has 0 atom stereocenters. The van der Waals surface area contributed by atoms with Crippen LogP contribution in [0.2, 0.25) is 0 Å². The Bertz CT molecular complexity index is 595. The fourth-order valence-corrected chi connectivity index (χ4v) is 2.41. The minimum absolute atomic E-state index is 0.165. The number of nitrogens with zero attached hydrogens (tertiary/aromatic N) is 2. The summed E-state index contributed by atoms with van der Waals surface area (Å²) in [7, 11) is 5.17. The summed E-state index contributed by atoms with van der Waals surface area (Å²) in [5, 5.41) is 12.2. The van der Waals surface area contributed by atoms with Crippen LogP contribution >= 0.6 is 0 Å². The van der Waals surface area contributed by atoms with Crippen LogP contribution in [0.1, 0.15) is 12.2 Å². The average Bonchev–Trinajstić information content (AvgIpc) is 2.85. The van der Waals surface area contributed by atoms with Crippen molar-refractivity contribution in [2.45, 2.75) is 19.4 Å². The standard InChI is InChI=1S/C15H23N3O3/c1-16-6-5-15-17-11-9-13(20-2)14(21-3)10-12(11)18(15)7-4-8-19/h9-10,16,19H,4-8H2,1-3H3. The topological polar surface area (TPSA) is 68.5 Å². The van der Waals surface area contributed by atoms with E-state index in [1.807, 2.05) is 19.2 Å². The molecule has 0 fully saturated rings. The molecule has 1 aromatic carbocycles. The molecule has 1 aromatic heterocycles. The summed E-state index contributed by atoms with van der Waals surface area (Å²) in [5.74, 6) is 2.37. The van der Waals surface area contributed by atoms with Crippen molar-refractivity contribution < 1.29 is 14.6 Å². The highest BCUT2D eigenvalue weighted by atomic mass is 16.5. The third kappa shape index (κ3) is 3.28. The minimum Gasteiger partial charge on any atom is -0.493 e. The molecule has 1 heterocycles. The summed E-state index contributed by atoms with van der Waals surface area (Å²) in [6.45, 7) is 1.76. The SMILES string of the molecule is CNCCc1nc2cc(OC)c(OC)cc2n1CCCO. The Balaban J connectivity index is 2.50. The van der Waals surface area contributed by atoms with Gasteiger partial charge in [-0.1, -0.05) is 0 Å². The Kier molecular flexibility index (Phi) is 5.41. The minimum atomic E-state index is 0.165. The van der Waals surface area contributed by atoms with E-state index in [1.54, 1.807) is 14.2 Å². The molecule has 0 spiro atoms. The summed E-state index contributed by atoms with van der Waals surface area (Å²) >= 11 is 0. The maximum absolute atomic E-state index is 9.10. The van der Waals surface area contributed by atoms with Gasteiger partial charge in [-0.05, 0) is 13.5 Å². The lowest BCUT2D eigenvalue weighted by Gasteiger charge is -2.10.